The first-order chi connectivity index (χ1) is 14.6. The van der Waals surface area contributed by atoms with Gasteiger partial charge in [0.05, 0.1) is 21.6 Å². The quantitative estimate of drug-likeness (QED) is 0.523. The third-order valence-corrected chi connectivity index (χ3v) is 6.46. The van der Waals surface area contributed by atoms with Crippen LogP contribution in [0.2, 0.25) is 0 Å². The maximum atomic E-state index is 13.2. The van der Waals surface area contributed by atoms with Crippen molar-refractivity contribution in [2.75, 3.05) is 13.1 Å². The number of fused-ring (bicyclic) bond motifs is 1. The van der Waals surface area contributed by atoms with Crippen molar-refractivity contribution >= 4 is 28.3 Å². The maximum Gasteiger partial charge on any atom is 0.253 e. The lowest BCUT2D eigenvalue weighted by Crippen LogP contribution is -2.39. The van der Waals surface area contributed by atoms with E-state index >= 15 is 0 Å². The Morgan fingerprint density at radius 2 is 2.07 bits per heavy atom. The molecule has 6 nitrogen and oxygen atoms in total. The second-order valence-corrected chi connectivity index (χ2v) is 8.82. The van der Waals surface area contributed by atoms with E-state index in [9.17, 15) is 4.79 Å². The van der Waals surface area contributed by atoms with Gasteiger partial charge in [0.2, 0.25) is 0 Å². The molecular weight excluding hydrogens is 394 g/mol. The van der Waals surface area contributed by atoms with Gasteiger partial charge < -0.3 is 9.88 Å². The van der Waals surface area contributed by atoms with Crippen molar-refractivity contribution in [3.05, 3.63) is 64.7 Å². The Morgan fingerprint density at radius 1 is 1.17 bits per heavy atom. The third kappa shape index (κ3) is 3.61. The molecule has 4 aromatic rings. The van der Waals surface area contributed by atoms with Crippen LogP contribution in [0.5, 0.6) is 0 Å². The van der Waals surface area contributed by atoms with Crippen molar-refractivity contribution in [2.45, 2.75) is 32.6 Å². The number of carbonyl (C=O) groups is 1. The lowest BCUT2D eigenvalue weighted by molar-refractivity contribution is 0.0704. The average Bonchev–Trinajstić information content (AvgIpc) is 3.41. The van der Waals surface area contributed by atoms with Crippen LogP contribution >= 0.6 is 11.3 Å². The third-order valence-electron chi connectivity index (χ3n) is 5.57. The van der Waals surface area contributed by atoms with Gasteiger partial charge in [-0.1, -0.05) is 6.07 Å². The second-order valence-electron chi connectivity index (χ2n) is 7.87. The summed E-state index contributed by atoms with van der Waals surface area (Å²) in [6, 6.07) is 11.8. The highest BCUT2D eigenvalue weighted by Crippen LogP contribution is 2.29. The van der Waals surface area contributed by atoms with Gasteiger partial charge in [0.15, 0.2) is 0 Å². The minimum Gasteiger partial charge on any atom is -0.342 e. The van der Waals surface area contributed by atoms with Gasteiger partial charge >= 0.3 is 0 Å². The molecule has 1 aliphatic rings. The number of hydrogen-bond acceptors (Lipinski definition) is 5. The molecule has 152 valence electrons. The standard InChI is InChI=1S/C23H23N5OS/c1-14-11-20(21-6-4-10-30-21)27-22(24-14)17-5-3-9-28(13-17)23(29)16-7-8-18-19(12-16)26-15(2)25-18/h4,6-8,10-12,17H,3,5,9,13H2,1-2H3,(H,25,26). The van der Waals surface area contributed by atoms with Crippen molar-refractivity contribution in [1.29, 1.82) is 0 Å². The van der Waals surface area contributed by atoms with Gasteiger partial charge in [-0.15, -0.1) is 11.3 Å². The predicted molar refractivity (Wildman–Crippen MR) is 119 cm³/mol. The van der Waals surface area contributed by atoms with Crippen LogP contribution < -0.4 is 0 Å². The summed E-state index contributed by atoms with van der Waals surface area (Å²) < 4.78 is 0. The second kappa shape index (κ2) is 7.65. The van der Waals surface area contributed by atoms with Crippen LogP contribution in [0.3, 0.4) is 0 Å². The van der Waals surface area contributed by atoms with E-state index in [0.717, 1.165) is 58.3 Å². The Morgan fingerprint density at radius 3 is 2.90 bits per heavy atom. The van der Waals surface area contributed by atoms with Gasteiger partial charge in [-0.05, 0) is 62.4 Å². The highest BCUT2D eigenvalue weighted by Gasteiger charge is 2.28. The SMILES string of the molecule is Cc1cc(-c2cccs2)nc(C2CCCN(C(=O)c3ccc4nc(C)[nH]c4c3)C2)n1. The van der Waals surface area contributed by atoms with Crippen LogP contribution in [0.15, 0.2) is 41.8 Å². The van der Waals surface area contributed by atoms with E-state index in [1.807, 2.05) is 49.1 Å². The highest BCUT2D eigenvalue weighted by atomic mass is 32.1. The lowest BCUT2D eigenvalue weighted by atomic mass is 9.96. The lowest BCUT2D eigenvalue weighted by Gasteiger charge is -2.32. The van der Waals surface area contributed by atoms with E-state index < -0.39 is 0 Å². The van der Waals surface area contributed by atoms with Gasteiger partial charge in [0.1, 0.15) is 11.6 Å². The maximum absolute atomic E-state index is 13.2. The summed E-state index contributed by atoms with van der Waals surface area (Å²) in [5, 5.41) is 2.06. The summed E-state index contributed by atoms with van der Waals surface area (Å²) >= 11 is 1.68. The number of imidazole rings is 1. The number of nitrogens with zero attached hydrogens (tertiary/aromatic N) is 4. The molecule has 1 amide bonds. The number of nitrogens with one attached hydrogen (secondary N) is 1. The van der Waals surface area contributed by atoms with E-state index in [0.29, 0.717) is 12.1 Å². The summed E-state index contributed by atoms with van der Waals surface area (Å²) in [6.45, 7) is 5.34. The molecular formula is C23H23N5OS. The minimum atomic E-state index is 0.0555. The molecule has 0 saturated carbocycles. The number of likely N-dealkylation sites (tertiary alicyclic amines) is 1. The molecule has 30 heavy (non-hydrogen) atoms. The van der Waals surface area contributed by atoms with E-state index in [2.05, 4.69) is 21.4 Å². The van der Waals surface area contributed by atoms with Crippen molar-refractivity contribution < 1.29 is 4.79 Å². The smallest absolute Gasteiger partial charge is 0.253 e. The molecule has 0 spiro atoms. The van der Waals surface area contributed by atoms with Crippen molar-refractivity contribution in [2.24, 2.45) is 0 Å². The number of aromatic amines is 1. The fourth-order valence-electron chi connectivity index (χ4n) is 4.15. The van der Waals surface area contributed by atoms with Crippen LogP contribution in [-0.2, 0) is 0 Å². The van der Waals surface area contributed by atoms with Crippen LogP contribution in [0.1, 0.15) is 46.5 Å². The first kappa shape index (κ1) is 18.9. The summed E-state index contributed by atoms with van der Waals surface area (Å²) in [4.78, 5) is 33.5. The largest absolute Gasteiger partial charge is 0.342 e. The van der Waals surface area contributed by atoms with Crippen molar-refractivity contribution in [3.63, 3.8) is 0 Å². The van der Waals surface area contributed by atoms with Crippen LogP contribution in [0.25, 0.3) is 21.6 Å². The summed E-state index contributed by atoms with van der Waals surface area (Å²) in [7, 11) is 0. The average molecular weight is 418 g/mol. The van der Waals surface area contributed by atoms with E-state index in [1.165, 1.54) is 0 Å². The number of benzene rings is 1. The molecule has 1 N–H and O–H groups in total. The number of carbonyl (C=O) groups excluding carboxylic acids is 1. The fraction of sp³-hybridized carbons (Fsp3) is 0.304. The van der Waals surface area contributed by atoms with Crippen molar-refractivity contribution in [1.82, 2.24) is 24.8 Å². The first-order valence-electron chi connectivity index (χ1n) is 10.2. The van der Waals surface area contributed by atoms with Gasteiger partial charge in [-0.2, -0.15) is 0 Å². The molecule has 0 bridgehead atoms. The van der Waals surface area contributed by atoms with Gasteiger partial charge in [0.25, 0.3) is 5.91 Å². The van der Waals surface area contributed by atoms with Gasteiger partial charge in [-0.3, -0.25) is 4.79 Å². The van der Waals surface area contributed by atoms with Gasteiger partial charge in [-0.25, -0.2) is 15.0 Å². The number of H-pyrrole nitrogens is 1. The molecule has 1 saturated heterocycles. The Hall–Kier alpha value is -3.06. The molecule has 1 unspecified atom stereocenters. The molecule has 1 atom stereocenters. The molecule has 4 heterocycles. The predicted octanol–water partition coefficient (Wildman–Crippen LogP) is 4.72. The molecule has 3 aromatic heterocycles. The number of aromatic nitrogens is 4. The minimum absolute atomic E-state index is 0.0555. The topological polar surface area (TPSA) is 74.8 Å². The van der Waals surface area contributed by atoms with Crippen LogP contribution in [-0.4, -0.2) is 43.8 Å². The number of piperidine rings is 1. The van der Waals surface area contributed by atoms with Crippen molar-refractivity contribution in [3.8, 4) is 10.6 Å². The monoisotopic (exact) mass is 417 g/mol. The molecule has 1 aliphatic heterocycles. The first-order valence-corrected chi connectivity index (χ1v) is 11.1. The van der Waals surface area contributed by atoms with E-state index in [-0.39, 0.29) is 11.8 Å². The van der Waals surface area contributed by atoms with Gasteiger partial charge in [0, 0.05) is 30.3 Å². The summed E-state index contributed by atoms with van der Waals surface area (Å²) in [5.74, 6) is 1.90. The van der Waals surface area contributed by atoms with Crippen LogP contribution in [0.4, 0.5) is 0 Å². The van der Waals surface area contributed by atoms with Crippen LogP contribution in [0, 0.1) is 13.8 Å². The Kier molecular flexibility index (Phi) is 4.83. The Balaban J connectivity index is 1.39. The zero-order valence-electron chi connectivity index (χ0n) is 17.1. The molecule has 1 fully saturated rings. The van der Waals surface area contributed by atoms with E-state index in [1.54, 1.807) is 11.3 Å². The number of amides is 1. The fourth-order valence-corrected chi connectivity index (χ4v) is 4.84. The normalized spacial score (nSPS) is 16.9. The zero-order valence-corrected chi connectivity index (χ0v) is 17.9. The molecule has 0 radical (unpaired) electrons. The van der Waals surface area contributed by atoms with E-state index in [4.69, 9.17) is 9.97 Å². The number of aryl methyl sites for hydroxylation is 2. The number of thiophene rings is 1. The number of rotatable bonds is 3. The summed E-state index contributed by atoms with van der Waals surface area (Å²) in [5.41, 5.74) is 4.41. The highest BCUT2D eigenvalue weighted by molar-refractivity contribution is 7.13. The zero-order chi connectivity index (χ0) is 20.7. The molecule has 1 aromatic carbocycles. The molecule has 5 rings (SSSR count). The Bertz CT molecular complexity index is 1210. The summed E-state index contributed by atoms with van der Waals surface area (Å²) in [6.07, 6.45) is 1.95. The molecule has 7 heteroatoms. The molecule has 0 aliphatic carbocycles. The number of hydrogen-bond donors (Lipinski definition) is 1. The Labute approximate surface area is 179 Å².